The summed E-state index contributed by atoms with van der Waals surface area (Å²) in [5.74, 6) is 0.271. The van der Waals surface area contributed by atoms with Crippen LogP contribution in [0.3, 0.4) is 0 Å². The molecule has 0 aliphatic heterocycles. The van der Waals surface area contributed by atoms with E-state index in [0.717, 1.165) is 11.3 Å². The fourth-order valence-corrected chi connectivity index (χ4v) is 2.66. The first-order chi connectivity index (χ1) is 13.0. The lowest BCUT2D eigenvalue weighted by atomic mass is 10.2. The molecule has 1 amide bonds. The average Bonchev–Trinajstić information content (AvgIpc) is 3.11. The minimum absolute atomic E-state index is 0.122. The van der Waals surface area contributed by atoms with E-state index in [9.17, 15) is 14.9 Å². The van der Waals surface area contributed by atoms with Crippen molar-refractivity contribution in [2.45, 2.75) is 6.54 Å². The van der Waals surface area contributed by atoms with E-state index in [2.05, 4.69) is 20.4 Å². The van der Waals surface area contributed by atoms with Crippen molar-refractivity contribution in [1.29, 1.82) is 0 Å². The topological polar surface area (TPSA) is 106 Å². The van der Waals surface area contributed by atoms with Gasteiger partial charge in [-0.25, -0.2) is 5.43 Å². The van der Waals surface area contributed by atoms with Crippen molar-refractivity contribution in [2.24, 2.45) is 5.10 Å². The van der Waals surface area contributed by atoms with Gasteiger partial charge in [-0.15, -0.1) is 23.2 Å². The Morgan fingerprint density at radius 1 is 1.30 bits per heavy atom. The smallest absolute Gasteiger partial charge is 0.369 e. The summed E-state index contributed by atoms with van der Waals surface area (Å²) in [6, 6.07) is 7.57. The van der Waals surface area contributed by atoms with Crippen molar-refractivity contribution in [1.82, 2.24) is 15.0 Å². The van der Waals surface area contributed by atoms with E-state index in [-0.39, 0.29) is 12.4 Å². The molecule has 0 fully saturated rings. The molecule has 0 radical (unpaired) electrons. The third-order valence-corrected chi connectivity index (χ3v) is 3.84. The number of hydrogen-bond acceptors (Lipinski definition) is 6. The van der Waals surface area contributed by atoms with Crippen LogP contribution in [0.25, 0.3) is 0 Å². The Kier molecular flexibility index (Phi) is 8.02. The zero-order valence-corrected chi connectivity index (χ0v) is 15.8. The van der Waals surface area contributed by atoms with E-state index < -0.39 is 10.8 Å². The van der Waals surface area contributed by atoms with Crippen molar-refractivity contribution in [3.63, 3.8) is 0 Å². The molecule has 0 aliphatic carbocycles. The molecule has 11 heteroatoms. The molecule has 0 saturated carbocycles. The molecule has 1 aromatic carbocycles. The number of benzene rings is 1. The molecule has 0 spiro atoms. The Morgan fingerprint density at radius 3 is 2.52 bits per heavy atom. The number of hydrazone groups is 1. The largest absolute Gasteiger partial charge is 0.381 e. The average molecular weight is 413 g/mol. The minimum atomic E-state index is -0.627. The second-order valence-corrected chi connectivity index (χ2v) is 6.17. The van der Waals surface area contributed by atoms with E-state index >= 15 is 0 Å². The first-order valence-corrected chi connectivity index (χ1v) is 9.05. The van der Waals surface area contributed by atoms with Crippen LogP contribution in [0.15, 0.2) is 41.9 Å². The van der Waals surface area contributed by atoms with E-state index in [1.165, 1.54) is 23.3 Å². The summed E-state index contributed by atoms with van der Waals surface area (Å²) < 4.78 is 1.31. The van der Waals surface area contributed by atoms with Crippen LogP contribution in [0.2, 0.25) is 0 Å². The standard InChI is InChI=1S/C16H18Cl2N6O3/c17-5-7-23(8-6-18)14-3-1-13(2-4-14)9-20-21-16(25)11-22-10-15(19-12-22)24(26)27/h1-4,9-10,12H,5-8,11H2,(H,21,25)/b20-9+. The molecular weight excluding hydrogens is 395 g/mol. The Balaban J connectivity index is 1.87. The SMILES string of the molecule is O=C(Cn1cnc([N+](=O)[O-])c1)N/N=C/c1ccc(N(CCCl)CCCl)cc1. The number of nitro groups is 1. The van der Waals surface area contributed by atoms with E-state index in [1.54, 1.807) is 0 Å². The summed E-state index contributed by atoms with van der Waals surface area (Å²) >= 11 is 11.6. The summed E-state index contributed by atoms with van der Waals surface area (Å²) in [6.07, 6.45) is 3.90. The van der Waals surface area contributed by atoms with Crippen molar-refractivity contribution in [2.75, 3.05) is 29.7 Å². The predicted octanol–water partition coefficient (Wildman–Crippen LogP) is 2.23. The summed E-state index contributed by atoms with van der Waals surface area (Å²) in [7, 11) is 0. The lowest BCUT2D eigenvalue weighted by Crippen LogP contribution is -2.27. The molecule has 0 bridgehead atoms. The summed E-state index contributed by atoms with van der Waals surface area (Å²) in [6.45, 7) is 1.28. The highest BCUT2D eigenvalue weighted by atomic mass is 35.5. The molecule has 0 atom stereocenters. The minimum Gasteiger partial charge on any atom is -0.369 e. The first kappa shape index (κ1) is 20.7. The molecule has 144 valence electrons. The Labute approximate surface area is 165 Å². The highest BCUT2D eigenvalue weighted by molar-refractivity contribution is 6.18. The van der Waals surface area contributed by atoms with E-state index in [1.807, 2.05) is 24.3 Å². The van der Waals surface area contributed by atoms with Crippen molar-refractivity contribution in [3.8, 4) is 0 Å². The number of amides is 1. The number of nitrogens with one attached hydrogen (secondary N) is 1. The number of hydrogen-bond donors (Lipinski definition) is 1. The zero-order chi connectivity index (χ0) is 19.6. The quantitative estimate of drug-likeness (QED) is 0.278. The Morgan fingerprint density at radius 2 is 1.96 bits per heavy atom. The predicted molar refractivity (Wildman–Crippen MR) is 105 cm³/mol. The number of imidazole rings is 1. The number of carbonyl (C=O) groups excluding carboxylic acids is 1. The van der Waals surface area contributed by atoms with Gasteiger partial charge < -0.3 is 19.6 Å². The van der Waals surface area contributed by atoms with Gasteiger partial charge in [0.1, 0.15) is 12.7 Å². The number of nitrogens with zero attached hydrogens (tertiary/aromatic N) is 5. The lowest BCUT2D eigenvalue weighted by Gasteiger charge is -2.22. The molecule has 2 rings (SSSR count). The van der Waals surface area contributed by atoms with E-state index in [4.69, 9.17) is 23.2 Å². The van der Waals surface area contributed by atoms with Gasteiger partial charge in [-0.3, -0.25) is 4.79 Å². The molecule has 1 heterocycles. The molecule has 2 aromatic rings. The van der Waals surface area contributed by atoms with Gasteiger partial charge in [0.25, 0.3) is 5.91 Å². The van der Waals surface area contributed by atoms with Crippen molar-refractivity contribution in [3.05, 3.63) is 52.5 Å². The fraction of sp³-hybridized carbons (Fsp3) is 0.312. The number of carbonyl (C=O) groups is 1. The Hall–Kier alpha value is -2.65. The van der Waals surface area contributed by atoms with Crippen LogP contribution in [-0.2, 0) is 11.3 Å². The maximum absolute atomic E-state index is 11.8. The van der Waals surface area contributed by atoms with Gasteiger partial charge in [-0.05, 0) is 27.6 Å². The van der Waals surface area contributed by atoms with Gasteiger partial charge in [0.15, 0.2) is 0 Å². The van der Waals surface area contributed by atoms with Crippen LogP contribution in [0, 0.1) is 10.1 Å². The van der Waals surface area contributed by atoms with Crippen molar-refractivity contribution < 1.29 is 9.72 Å². The third-order valence-electron chi connectivity index (χ3n) is 3.50. The van der Waals surface area contributed by atoms with Gasteiger partial charge in [-0.1, -0.05) is 12.1 Å². The molecular formula is C16H18Cl2N6O3. The third kappa shape index (κ3) is 6.54. The van der Waals surface area contributed by atoms with Crippen LogP contribution in [0.1, 0.15) is 5.56 Å². The maximum Gasteiger partial charge on any atom is 0.381 e. The second kappa shape index (κ2) is 10.5. The number of halogens is 2. The van der Waals surface area contributed by atoms with Crippen LogP contribution in [0.4, 0.5) is 11.5 Å². The molecule has 9 nitrogen and oxygen atoms in total. The summed E-state index contributed by atoms with van der Waals surface area (Å²) in [4.78, 5) is 27.4. The fourth-order valence-electron chi connectivity index (χ4n) is 2.25. The molecule has 0 unspecified atom stereocenters. The van der Waals surface area contributed by atoms with Crippen LogP contribution < -0.4 is 10.3 Å². The molecule has 1 aromatic heterocycles. The van der Waals surface area contributed by atoms with Gasteiger partial charge in [0.2, 0.25) is 6.33 Å². The first-order valence-electron chi connectivity index (χ1n) is 7.98. The lowest BCUT2D eigenvalue weighted by molar-refractivity contribution is -0.389. The molecule has 1 N–H and O–H groups in total. The normalized spacial score (nSPS) is 10.9. The van der Waals surface area contributed by atoms with Gasteiger partial charge in [-0.2, -0.15) is 5.10 Å². The van der Waals surface area contributed by atoms with Crippen LogP contribution in [0.5, 0.6) is 0 Å². The van der Waals surface area contributed by atoms with Crippen LogP contribution in [-0.4, -0.2) is 51.4 Å². The molecule has 0 aliphatic rings. The molecule has 27 heavy (non-hydrogen) atoms. The molecule has 0 saturated heterocycles. The highest BCUT2D eigenvalue weighted by Gasteiger charge is 2.11. The van der Waals surface area contributed by atoms with E-state index in [0.29, 0.717) is 24.8 Å². The highest BCUT2D eigenvalue weighted by Crippen LogP contribution is 2.15. The zero-order valence-electron chi connectivity index (χ0n) is 14.3. The number of anilines is 1. The van der Waals surface area contributed by atoms with Gasteiger partial charge >= 0.3 is 5.82 Å². The van der Waals surface area contributed by atoms with Gasteiger partial charge in [0, 0.05) is 30.5 Å². The monoisotopic (exact) mass is 412 g/mol. The Bertz CT molecular complexity index is 788. The number of rotatable bonds is 10. The van der Waals surface area contributed by atoms with Crippen molar-refractivity contribution >= 4 is 46.8 Å². The summed E-state index contributed by atoms with van der Waals surface area (Å²) in [5.41, 5.74) is 4.16. The summed E-state index contributed by atoms with van der Waals surface area (Å²) in [5, 5.41) is 14.4. The number of alkyl halides is 2. The maximum atomic E-state index is 11.8. The second-order valence-electron chi connectivity index (χ2n) is 5.41. The number of aromatic nitrogens is 2. The van der Waals surface area contributed by atoms with Gasteiger partial charge in [0.05, 0.1) is 6.21 Å². The van der Waals surface area contributed by atoms with Crippen LogP contribution >= 0.6 is 23.2 Å².